The summed E-state index contributed by atoms with van der Waals surface area (Å²) in [6.45, 7) is 17.2. The predicted molar refractivity (Wildman–Crippen MR) is 251 cm³/mol. The Hall–Kier alpha value is -5.62. The standard InChI is InChI=1S/C41H49N7O7.C6H15N.C2H4O2/c1-24(2)37(46-40(51)52-4)39(50)48-15-5-6-27(48)19-43-31(20-42-3)29-12-11-28(35-33-13-14-34(55-33)36(29)35)25-7-9-26(10-8-25)30-21-44-38(45-30)32-18-41(22-47(32)23-49)53-16-17-54-41;1-5(2)6(3)7-4;1-4-2-3/h7-12,20-21,23-24,27,32-34,37,43H,3,5-6,13-19,22H2,1-2,4H3,(H,44,45)(H,46,51);5-7H,1-4H3;2H,1H3/b31-20-;;/t27?,32-,33?,34?,37?;6-;/m01./s1. The molecule has 8 rings (SSSR count). The van der Waals surface area contributed by atoms with Gasteiger partial charge in [0.25, 0.3) is 6.47 Å². The quantitative estimate of drug-likeness (QED) is 0.0983. The van der Waals surface area contributed by atoms with E-state index in [1.54, 1.807) is 11.1 Å². The van der Waals surface area contributed by atoms with Crippen LogP contribution in [0.15, 0.2) is 53.8 Å². The van der Waals surface area contributed by atoms with E-state index in [1.807, 2.05) is 32.0 Å². The van der Waals surface area contributed by atoms with E-state index in [2.05, 4.69) is 99.5 Å². The van der Waals surface area contributed by atoms with Crippen LogP contribution in [0.2, 0.25) is 0 Å². The molecule has 17 heteroatoms. The summed E-state index contributed by atoms with van der Waals surface area (Å²) >= 11 is 0. The fourth-order valence-corrected chi connectivity index (χ4v) is 9.37. The average molecular weight is 913 g/mol. The molecule has 66 heavy (non-hydrogen) atoms. The molecule has 0 aliphatic carbocycles. The second-order valence-corrected chi connectivity index (χ2v) is 18.0. The van der Waals surface area contributed by atoms with Gasteiger partial charge in [-0.25, -0.2) is 9.78 Å². The molecule has 1 aromatic heterocycles. The molecule has 4 unspecified atom stereocenters. The van der Waals surface area contributed by atoms with Gasteiger partial charge in [0.2, 0.25) is 12.3 Å². The van der Waals surface area contributed by atoms with E-state index in [1.165, 1.54) is 25.3 Å². The van der Waals surface area contributed by atoms with Crippen molar-refractivity contribution in [2.45, 2.75) is 109 Å². The lowest BCUT2D eigenvalue weighted by atomic mass is 9.82. The number of benzene rings is 2. The minimum atomic E-state index is -0.755. The molecule has 3 aromatic rings. The van der Waals surface area contributed by atoms with Crippen molar-refractivity contribution in [2.24, 2.45) is 16.8 Å². The van der Waals surface area contributed by atoms with E-state index >= 15 is 0 Å². The van der Waals surface area contributed by atoms with Crippen molar-refractivity contribution >= 4 is 37.3 Å². The summed E-state index contributed by atoms with van der Waals surface area (Å²) in [4.78, 5) is 62.4. The first-order valence-corrected chi connectivity index (χ1v) is 23.0. The summed E-state index contributed by atoms with van der Waals surface area (Å²) < 4.78 is 26.9. The Morgan fingerprint density at radius 1 is 0.985 bits per heavy atom. The summed E-state index contributed by atoms with van der Waals surface area (Å²) in [5, 5.41) is 9.51. The van der Waals surface area contributed by atoms with Crippen LogP contribution >= 0.6 is 0 Å². The van der Waals surface area contributed by atoms with Gasteiger partial charge in [-0.3, -0.25) is 19.4 Å². The van der Waals surface area contributed by atoms with Crippen LogP contribution in [0.1, 0.15) is 107 Å². The van der Waals surface area contributed by atoms with Crippen molar-refractivity contribution in [3.63, 3.8) is 0 Å². The molecular weight excluding hydrogens is 845 g/mol. The smallest absolute Gasteiger partial charge is 0.407 e. The summed E-state index contributed by atoms with van der Waals surface area (Å²) in [6.07, 6.45) is 7.94. The van der Waals surface area contributed by atoms with Crippen LogP contribution in [0.3, 0.4) is 0 Å². The van der Waals surface area contributed by atoms with Gasteiger partial charge in [0.05, 0.1) is 69.8 Å². The summed E-state index contributed by atoms with van der Waals surface area (Å²) in [7, 11) is 4.60. The SMILES string of the molecule is C=N/C=C(\NCC1CCCN1C(=O)C(NC(=O)OC)C(C)C)c1ccc(-c2ccc(-c3cnc([C@@H]4CC5(CN4C=O)OCCO5)[nH]3)cc2)c2c1C1CCC2O1.CN[C@H](C)C(C)C.COC=O. The molecule has 0 saturated carbocycles. The van der Waals surface area contributed by atoms with Crippen molar-refractivity contribution in [2.75, 3.05) is 54.1 Å². The summed E-state index contributed by atoms with van der Waals surface area (Å²) in [6, 6.07) is 12.4. The number of rotatable bonds is 15. The molecule has 5 aliphatic rings. The predicted octanol–water partition coefficient (Wildman–Crippen LogP) is 6.30. The van der Waals surface area contributed by atoms with Crippen molar-refractivity contribution in [1.82, 2.24) is 35.7 Å². The number of methoxy groups -OCH3 is 2. The van der Waals surface area contributed by atoms with Crippen molar-refractivity contribution in [3.05, 3.63) is 71.3 Å². The second-order valence-electron chi connectivity index (χ2n) is 18.0. The van der Waals surface area contributed by atoms with Gasteiger partial charge in [-0.15, -0.1) is 0 Å². The highest BCUT2D eigenvalue weighted by Gasteiger charge is 2.50. The molecule has 3 amide bonds. The van der Waals surface area contributed by atoms with Crippen LogP contribution in [0.4, 0.5) is 4.79 Å². The Morgan fingerprint density at radius 2 is 1.67 bits per heavy atom. The Labute approximate surface area is 388 Å². The minimum Gasteiger partial charge on any atom is -0.471 e. The Kier molecular flexibility index (Phi) is 17.1. The van der Waals surface area contributed by atoms with Gasteiger partial charge in [-0.2, -0.15) is 0 Å². The van der Waals surface area contributed by atoms with Crippen LogP contribution in [0.25, 0.3) is 28.1 Å². The van der Waals surface area contributed by atoms with Gasteiger partial charge in [0, 0.05) is 43.4 Å². The largest absolute Gasteiger partial charge is 0.471 e. The number of imidazole rings is 1. The number of ether oxygens (including phenoxy) is 5. The van der Waals surface area contributed by atoms with E-state index in [9.17, 15) is 14.4 Å². The maximum absolute atomic E-state index is 13.7. The highest BCUT2D eigenvalue weighted by atomic mass is 16.7. The number of nitrogens with zero attached hydrogens (tertiary/aromatic N) is 4. The number of aliphatic imine (C=N–C) groups is 1. The average Bonchev–Trinajstić information content (AvgIpc) is 4.21. The molecule has 17 nitrogen and oxygen atoms in total. The zero-order valence-corrected chi connectivity index (χ0v) is 39.6. The lowest BCUT2D eigenvalue weighted by Gasteiger charge is -2.31. The van der Waals surface area contributed by atoms with E-state index in [4.69, 9.17) is 23.7 Å². The lowest BCUT2D eigenvalue weighted by molar-refractivity contribution is -0.148. The van der Waals surface area contributed by atoms with Gasteiger partial charge in [0.1, 0.15) is 11.9 Å². The number of fused-ring (bicyclic) bond motifs is 5. The fourth-order valence-electron chi connectivity index (χ4n) is 9.37. The van der Waals surface area contributed by atoms with Crippen LogP contribution in [0, 0.1) is 11.8 Å². The number of likely N-dealkylation sites (tertiary alicyclic amines) is 2. The molecule has 5 aliphatic heterocycles. The first kappa shape index (κ1) is 49.8. The third-order valence-electron chi connectivity index (χ3n) is 13.3. The number of H-pyrrole nitrogens is 1. The van der Waals surface area contributed by atoms with Gasteiger partial charge in [0.15, 0.2) is 5.79 Å². The van der Waals surface area contributed by atoms with Gasteiger partial charge in [-0.1, -0.05) is 64.1 Å². The van der Waals surface area contributed by atoms with E-state index in [-0.39, 0.29) is 36.1 Å². The van der Waals surface area contributed by atoms with Gasteiger partial charge < -0.3 is 54.4 Å². The minimum absolute atomic E-state index is 0.00394. The number of carbonyl (C=O) groups excluding carboxylic acids is 4. The second kappa shape index (κ2) is 22.7. The number of aromatic nitrogens is 2. The topological polar surface area (TPSA) is 198 Å². The first-order valence-electron chi connectivity index (χ1n) is 23.0. The van der Waals surface area contributed by atoms with Crippen LogP contribution in [-0.4, -0.2) is 129 Å². The molecular formula is C49H68N8O9. The third-order valence-corrected chi connectivity index (χ3v) is 13.3. The molecule has 2 aromatic carbocycles. The Balaban J connectivity index is 0.000000587. The maximum atomic E-state index is 13.7. The number of aromatic amines is 1. The Bertz CT molecular complexity index is 2170. The first-order chi connectivity index (χ1) is 31.8. The molecule has 4 saturated heterocycles. The molecule has 2 bridgehead atoms. The van der Waals surface area contributed by atoms with Gasteiger partial charge >= 0.3 is 6.09 Å². The maximum Gasteiger partial charge on any atom is 0.407 e. The number of amides is 3. The third kappa shape index (κ3) is 11.1. The molecule has 6 atom stereocenters. The van der Waals surface area contributed by atoms with Crippen molar-refractivity contribution in [1.29, 1.82) is 0 Å². The Morgan fingerprint density at radius 3 is 2.26 bits per heavy atom. The number of hydrogen-bond donors (Lipinski definition) is 4. The molecule has 358 valence electrons. The number of alkyl carbamates (subject to hydrolysis) is 1. The summed E-state index contributed by atoms with van der Waals surface area (Å²) in [5.41, 5.74) is 8.30. The molecule has 4 N–H and O–H groups in total. The van der Waals surface area contributed by atoms with Gasteiger partial charge in [-0.05, 0) is 86.0 Å². The van der Waals surface area contributed by atoms with Crippen LogP contribution < -0.4 is 16.0 Å². The van der Waals surface area contributed by atoms with Crippen LogP contribution in [-0.2, 0) is 38.1 Å². The van der Waals surface area contributed by atoms with Crippen LogP contribution in [0.5, 0.6) is 0 Å². The van der Waals surface area contributed by atoms with E-state index in [0.29, 0.717) is 57.6 Å². The zero-order valence-electron chi connectivity index (χ0n) is 39.6. The van der Waals surface area contributed by atoms with Crippen molar-refractivity contribution < 1.29 is 42.9 Å². The number of carbonyl (C=O) groups is 4. The monoisotopic (exact) mass is 913 g/mol. The number of nitrogens with one attached hydrogen (secondary N) is 4. The number of hydrogen-bond acceptors (Lipinski definition) is 13. The lowest BCUT2D eigenvalue weighted by Crippen LogP contribution is -2.53. The molecule has 4 fully saturated rings. The zero-order chi connectivity index (χ0) is 47.5. The molecule has 6 heterocycles. The summed E-state index contributed by atoms with van der Waals surface area (Å²) in [5.74, 6) is 0.505. The molecule has 0 radical (unpaired) electrons. The van der Waals surface area contributed by atoms with E-state index < -0.39 is 17.9 Å². The fraction of sp³-hybridized carbons (Fsp3) is 0.551. The molecule has 1 spiro atoms. The highest BCUT2D eigenvalue weighted by molar-refractivity contribution is 5.86. The van der Waals surface area contributed by atoms with E-state index in [0.717, 1.165) is 71.7 Å². The van der Waals surface area contributed by atoms with Crippen molar-refractivity contribution in [3.8, 4) is 22.4 Å². The highest BCUT2D eigenvalue weighted by Crippen LogP contribution is 2.55. The normalized spacial score (nSPS) is 22.2.